The second-order valence-corrected chi connectivity index (χ2v) is 13.4. The summed E-state index contributed by atoms with van der Waals surface area (Å²) in [5.41, 5.74) is 11.7. The van der Waals surface area contributed by atoms with Crippen molar-refractivity contribution in [1.82, 2.24) is 4.57 Å². The fraction of sp³-hybridized carbons (Fsp3) is 0. The first-order chi connectivity index (χ1) is 25.8. The van der Waals surface area contributed by atoms with Gasteiger partial charge in [-0.05, 0) is 104 Å². The number of hydrogen-bond donors (Lipinski definition) is 0. The summed E-state index contributed by atoms with van der Waals surface area (Å²) in [5, 5.41) is 7.53. The maximum atomic E-state index is 2.44. The Bertz CT molecular complexity index is 2870. The van der Waals surface area contributed by atoms with Crippen LogP contribution in [-0.4, -0.2) is 4.57 Å². The van der Waals surface area contributed by atoms with Gasteiger partial charge >= 0.3 is 0 Å². The lowest BCUT2D eigenvalue weighted by atomic mass is 10.0. The van der Waals surface area contributed by atoms with Gasteiger partial charge in [0.05, 0.1) is 11.0 Å². The van der Waals surface area contributed by atoms with E-state index in [1.165, 1.54) is 65.6 Å². The van der Waals surface area contributed by atoms with Crippen LogP contribution in [0.2, 0.25) is 0 Å². The van der Waals surface area contributed by atoms with Crippen LogP contribution in [-0.2, 0) is 0 Å². The molecule has 0 aliphatic carbocycles. The van der Waals surface area contributed by atoms with Crippen molar-refractivity contribution in [3.8, 4) is 27.9 Å². The zero-order valence-electron chi connectivity index (χ0n) is 28.5. The highest BCUT2D eigenvalue weighted by atomic mass is 15.1. The van der Waals surface area contributed by atoms with Crippen LogP contribution in [0.1, 0.15) is 0 Å². The van der Waals surface area contributed by atoms with Gasteiger partial charge in [0.25, 0.3) is 0 Å². The van der Waals surface area contributed by atoms with Crippen molar-refractivity contribution >= 4 is 60.4 Å². The van der Waals surface area contributed by atoms with Gasteiger partial charge in [-0.25, -0.2) is 0 Å². The van der Waals surface area contributed by atoms with E-state index in [0.29, 0.717) is 0 Å². The van der Waals surface area contributed by atoms with Gasteiger partial charge < -0.3 is 9.47 Å². The maximum absolute atomic E-state index is 2.44. The number of anilines is 3. The first-order valence-corrected chi connectivity index (χ1v) is 17.8. The maximum Gasteiger partial charge on any atom is 0.0562 e. The topological polar surface area (TPSA) is 8.17 Å². The third-order valence-electron chi connectivity index (χ3n) is 10.4. The smallest absolute Gasteiger partial charge is 0.0562 e. The lowest BCUT2D eigenvalue weighted by Gasteiger charge is -2.26. The predicted molar refractivity (Wildman–Crippen MR) is 221 cm³/mol. The highest BCUT2D eigenvalue weighted by molar-refractivity contribution is 6.21. The summed E-state index contributed by atoms with van der Waals surface area (Å²) in [4.78, 5) is 2.36. The summed E-state index contributed by atoms with van der Waals surface area (Å²) in [6.45, 7) is 0. The molecule has 52 heavy (non-hydrogen) atoms. The number of rotatable bonds is 6. The van der Waals surface area contributed by atoms with Crippen LogP contribution in [0.25, 0.3) is 71.3 Å². The quantitative estimate of drug-likeness (QED) is 0.172. The van der Waals surface area contributed by atoms with E-state index >= 15 is 0 Å². The van der Waals surface area contributed by atoms with Crippen LogP contribution in [0.4, 0.5) is 17.1 Å². The first-order valence-electron chi connectivity index (χ1n) is 17.8. The minimum absolute atomic E-state index is 1.10. The van der Waals surface area contributed by atoms with E-state index in [1.807, 2.05) is 0 Å². The van der Waals surface area contributed by atoms with Crippen molar-refractivity contribution in [2.45, 2.75) is 0 Å². The molecule has 0 spiro atoms. The van der Waals surface area contributed by atoms with E-state index in [4.69, 9.17) is 0 Å². The molecule has 0 fully saturated rings. The molecule has 0 radical (unpaired) electrons. The Morgan fingerprint density at radius 2 is 0.865 bits per heavy atom. The number of aromatic nitrogens is 1. The largest absolute Gasteiger partial charge is 0.310 e. The first kappa shape index (κ1) is 30.0. The van der Waals surface area contributed by atoms with Crippen LogP contribution < -0.4 is 4.90 Å². The number of hydrogen-bond acceptors (Lipinski definition) is 1. The van der Waals surface area contributed by atoms with Gasteiger partial charge in [0.15, 0.2) is 0 Å². The second-order valence-electron chi connectivity index (χ2n) is 13.4. The van der Waals surface area contributed by atoms with Crippen LogP contribution >= 0.6 is 0 Å². The number of nitrogens with zero attached hydrogens (tertiary/aromatic N) is 2. The van der Waals surface area contributed by atoms with Crippen LogP contribution in [0.3, 0.4) is 0 Å². The Morgan fingerprint density at radius 3 is 1.65 bits per heavy atom. The zero-order chi connectivity index (χ0) is 34.4. The monoisotopic (exact) mass is 662 g/mol. The Kier molecular flexibility index (Phi) is 7.18. The standard InChI is InChI=1S/C50H34N2/c1-3-11-35(12-4-1)37-21-26-43(27-22-37)51(42-16-5-2-6-17-42)45-30-31-47-49(34-45)52(48-32-25-39-14-9-10-18-46(39)50(47)48)44-28-23-38(24-29-44)41-20-19-36-13-7-8-15-40(36)33-41/h1-34H. The van der Waals surface area contributed by atoms with Gasteiger partial charge in [0, 0.05) is 33.5 Å². The van der Waals surface area contributed by atoms with Crippen LogP contribution in [0.15, 0.2) is 206 Å². The normalized spacial score (nSPS) is 11.5. The summed E-state index contributed by atoms with van der Waals surface area (Å²) >= 11 is 0. The van der Waals surface area contributed by atoms with Crippen LogP contribution in [0, 0.1) is 0 Å². The van der Waals surface area contributed by atoms with Gasteiger partial charge in [-0.3, -0.25) is 0 Å². The van der Waals surface area contributed by atoms with E-state index < -0.39 is 0 Å². The summed E-state index contributed by atoms with van der Waals surface area (Å²) < 4.78 is 2.44. The Morgan fingerprint density at radius 1 is 0.308 bits per heavy atom. The molecule has 0 N–H and O–H groups in total. The molecule has 0 amide bonds. The molecule has 0 atom stereocenters. The molecule has 0 unspecified atom stereocenters. The molecule has 2 heteroatoms. The Balaban J connectivity index is 1.15. The molecular formula is C50H34N2. The minimum atomic E-state index is 1.10. The molecule has 0 aliphatic heterocycles. The highest BCUT2D eigenvalue weighted by Gasteiger charge is 2.19. The fourth-order valence-corrected chi connectivity index (χ4v) is 7.82. The molecule has 10 rings (SSSR count). The molecule has 2 nitrogen and oxygen atoms in total. The predicted octanol–water partition coefficient (Wildman–Crippen LogP) is 13.9. The van der Waals surface area contributed by atoms with Crippen molar-refractivity contribution in [1.29, 1.82) is 0 Å². The highest BCUT2D eigenvalue weighted by Crippen LogP contribution is 2.42. The zero-order valence-corrected chi connectivity index (χ0v) is 28.5. The molecule has 1 heterocycles. The van der Waals surface area contributed by atoms with Crippen molar-refractivity contribution < 1.29 is 0 Å². The Labute approximate surface area is 303 Å². The minimum Gasteiger partial charge on any atom is -0.310 e. The van der Waals surface area contributed by atoms with Gasteiger partial charge in [0.2, 0.25) is 0 Å². The average molecular weight is 663 g/mol. The lowest BCUT2D eigenvalue weighted by Crippen LogP contribution is -2.10. The van der Waals surface area contributed by atoms with Crippen LogP contribution in [0.5, 0.6) is 0 Å². The molecule has 10 aromatic rings. The third-order valence-corrected chi connectivity index (χ3v) is 10.4. The van der Waals surface area contributed by atoms with Gasteiger partial charge in [0.1, 0.15) is 0 Å². The number of fused-ring (bicyclic) bond motifs is 6. The van der Waals surface area contributed by atoms with E-state index in [-0.39, 0.29) is 0 Å². The van der Waals surface area contributed by atoms with Gasteiger partial charge in [-0.2, -0.15) is 0 Å². The Hall–Kier alpha value is -6.90. The third kappa shape index (κ3) is 5.12. The number of benzene rings is 9. The van der Waals surface area contributed by atoms with E-state index in [1.54, 1.807) is 0 Å². The van der Waals surface area contributed by atoms with E-state index in [0.717, 1.165) is 22.7 Å². The fourth-order valence-electron chi connectivity index (χ4n) is 7.82. The average Bonchev–Trinajstić information content (AvgIpc) is 3.56. The molecule has 0 saturated heterocycles. The van der Waals surface area contributed by atoms with Gasteiger partial charge in [-0.1, -0.05) is 146 Å². The number of para-hydroxylation sites is 1. The van der Waals surface area contributed by atoms with Crippen molar-refractivity contribution in [2.75, 3.05) is 4.90 Å². The molecule has 9 aromatic carbocycles. The summed E-state index contributed by atoms with van der Waals surface area (Å²) in [7, 11) is 0. The van der Waals surface area contributed by atoms with E-state index in [2.05, 4.69) is 216 Å². The summed E-state index contributed by atoms with van der Waals surface area (Å²) in [5.74, 6) is 0. The SMILES string of the molecule is c1ccc(-c2ccc(N(c3ccccc3)c3ccc4c5c6ccccc6ccc5n(-c5ccc(-c6ccc7ccccc7c6)cc5)c4c3)cc2)cc1. The molecule has 244 valence electrons. The molecule has 0 aliphatic rings. The lowest BCUT2D eigenvalue weighted by molar-refractivity contribution is 1.18. The molecule has 1 aromatic heterocycles. The van der Waals surface area contributed by atoms with Crippen molar-refractivity contribution in [3.05, 3.63) is 206 Å². The summed E-state index contributed by atoms with van der Waals surface area (Å²) in [6, 6.07) is 74.7. The molecular weight excluding hydrogens is 629 g/mol. The molecule has 0 bridgehead atoms. The van der Waals surface area contributed by atoms with Crippen molar-refractivity contribution in [3.63, 3.8) is 0 Å². The van der Waals surface area contributed by atoms with Gasteiger partial charge in [-0.15, -0.1) is 0 Å². The second kappa shape index (κ2) is 12.5. The van der Waals surface area contributed by atoms with E-state index in [9.17, 15) is 0 Å². The van der Waals surface area contributed by atoms with Crippen molar-refractivity contribution in [2.24, 2.45) is 0 Å². The summed E-state index contributed by atoms with van der Waals surface area (Å²) in [6.07, 6.45) is 0. The molecule has 0 saturated carbocycles.